The minimum atomic E-state index is -0.362. The number of pyridine rings is 1. The zero-order chi connectivity index (χ0) is 18.1. The molecule has 1 saturated heterocycles. The molecule has 3 aromatic heterocycles. The highest BCUT2D eigenvalue weighted by Gasteiger charge is 2.25. The Kier molecular flexibility index (Phi) is 4.32. The second-order valence-electron chi connectivity index (χ2n) is 6.90. The van der Waals surface area contributed by atoms with Gasteiger partial charge in [-0.3, -0.25) is 5.10 Å². The number of alkyl carbamates (subject to hydrolysis) is 1. The maximum atomic E-state index is 11.9. The van der Waals surface area contributed by atoms with Crippen molar-refractivity contribution in [3.05, 3.63) is 24.7 Å². The zero-order valence-electron chi connectivity index (χ0n) is 14.9. The molecule has 1 aliphatic rings. The van der Waals surface area contributed by atoms with E-state index in [4.69, 9.17) is 4.74 Å². The molecule has 0 bridgehead atoms. The first-order chi connectivity index (χ1) is 12.6. The lowest BCUT2D eigenvalue weighted by molar-refractivity contribution is 0.0865. The predicted molar refractivity (Wildman–Crippen MR) is 99.2 cm³/mol. The molecule has 4 rings (SSSR count). The van der Waals surface area contributed by atoms with Gasteiger partial charge in [-0.05, 0) is 32.8 Å². The van der Waals surface area contributed by atoms with E-state index in [-0.39, 0.29) is 18.2 Å². The highest BCUT2D eigenvalue weighted by Crippen LogP contribution is 2.31. The molecule has 26 heavy (non-hydrogen) atoms. The summed E-state index contributed by atoms with van der Waals surface area (Å²) in [6, 6.07) is 2.03. The van der Waals surface area contributed by atoms with E-state index >= 15 is 0 Å². The lowest BCUT2D eigenvalue weighted by Crippen LogP contribution is -2.43. The van der Waals surface area contributed by atoms with E-state index in [9.17, 15) is 4.79 Å². The number of amides is 1. The van der Waals surface area contributed by atoms with Gasteiger partial charge in [0.15, 0.2) is 5.65 Å². The Labute approximate surface area is 150 Å². The Morgan fingerprint density at radius 3 is 3.12 bits per heavy atom. The van der Waals surface area contributed by atoms with Crippen LogP contribution in [0.15, 0.2) is 24.7 Å². The minimum Gasteiger partial charge on any atom is -0.444 e. The molecular formula is C18H22N6O2. The highest BCUT2D eigenvalue weighted by molar-refractivity contribution is 6.09. The van der Waals surface area contributed by atoms with Gasteiger partial charge in [0.25, 0.3) is 0 Å². The van der Waals surface area contributed by atoms with Gasteiger partial charge in [-0.25, -0.2) is 14.8 Å². The zero-order valence-corrected chi connectivity index (χ0v) is 14.9. The number of aromatic nitrogens is 4. The highest BCUT2D eigenvalue weighted by atomic mass is 16.6. The monoisotopic (exact) mass is 354 g/mol. The molecule has 2 N–H and O–H groups in total. The Balaban J connectivity index is 1.63. The summed E-state index contributed by atoms with van der Waals surface area (Å²) in [6.45, 7) is 5.33. The van der Waals surface area contributed by atoms with E-state index < -0.39 is 0 Å². The van der Waals surface area contributed by atoms with E-state index in [1.807, 2.05) is 19.9 Å². The second kappa shape index (κ2) is 6.78. The van der Waals surface area contributed by atoms with Crippen LogP contribution in [-0.2, 0) is 4.74 Å². The number of hydrogen-bond acceptors (Lipinski definition) is 6. The maximum absolute atomic E-state index is 11.9. The number of carbonyl (C=O) groups is 1. The Bertz CT molecular complexity index is 938. The van der Waals surface area contributed by atoms with Crippen LogP contribution in [0.3, 0.4) is 0 Å². The molecule has 8 heteroatoms. The second-order valence-corrected chi connectivity index (χ2v) is 6.90. The van der Waals surface area contributed by atoms with Crippen LogP contribution in [0.4, 0.5) is 10.6 Å². The molecular weight excluding hydrogens is 332 g/mol. The fraction of sp³-hybridized carbons (Fsp3) is 0.444. The number of rotatable bonds is 3. The molecule has 0 radical (unpaired) electrons. The average molecular weight is 354 g/mol. The number of piperidine rings is 1. The Morgan fingerprint density at radius 2 is 2.27 bits per heavy atom. The minimum absolute atomic E-state index is 0.0587. The van der Waals surface area contributed by atoms with Crippen LogP contribution in [0.2, 0.25) is 0 Å². The van der Waals surface area contributed by atoms with Crippen LogP contribution in [0, 0.1) is 0 Å². The maximum Gasteiger partial charge on any atom is 0.407 e. The smallest absolute Gasteiger partial charge is 0.407 e. The molecule has 4 heterocycles. The third-order valence-corrected chi connectivity index (χ3v) is 4.55. The Hall–Kier alpha value is -2.90. The lowest BCUT2D eigenvalue weighted by atomic mass is 10.1. The van der Waals surface area contributed by atoms with E-state index in [0.29, 0.717) is 6.54 Å². The van der Waals surface area contributed by atoms with Gasteiger partial charge in [0.1, 0.15) is 11.9 Å². The van der Waals surface area contributed by atoms with Crippen LogP contribution < -0.4 is 10.2 Å². The molecule has 3 aromatic rings. The van der Waals surface area contributed by atoms with E-state index in [1.54, 1.807) is 18.6 Å². The number of nitrogens with zero attached hydrogens (tertiary/aromatic N) is 4. The number of aromatic amines is 1. The quantitative estimate of drug-likeness (QED) is 0.750. The molecule has 1 aliphatic heterocycles. The number of H-pyrrole nitrogens is 1. The van der Waals surface area contributed by atoms with E-state index in [0.717, 1.165) is 47.0 Å². The first-order valence-electron chi connectivity index (χ1n) is 8.90. The summed E-state index contributed by atoms with van der Waals surface area (Å²) in [5.74, 6) is 0.917. The summed E-state index contributed by atoms with van der Waals surface area (Å²) in [7, 11) is 0. The van der Waals surface area contributed by atoms with Gasteiger partial charge in [0.2, 0.25) is 0 Å². The lowest BCUT2D eigenvalue weighted by Gasteiger charge is -2.34. The molecule has 8 nitrogen and oxygen atoms in total. The van der Waals surface area contributed by atoms with E-state index in [1.165, 1.54) is 0 Å². The van der Waals surface area contributed by atoms with Crippen LogP contribution in [0.1, 0.15) is 26.7 Å². The van der Waals surface area contributed by atoms with E-state index in [2.05, 4.69) is 30.4 Å². The molecule has 0 aromatic carbocycles. The molecule has 1 amide bonds. The standard InChI is InChI=1S/C18H22N6O2/c1-11(2)22-18(25)26-13-4-3-7-24(10-13)17-15-12(9-21-23-17)8-20-16-14(15)5-6-19-16/h5-6,8-9,11,13,23H,3-4,7,10H2,1-2H3,(H,22,25). The predicted octanol–water partition coefficient (Wildman–Crippen LogP) is 2.61. The third-order valence-electron chi connectivity index (χ3n) is 4.55. The summed E-state index contributed by atoms with van der Waals surface area (Å²) in [4.78, 5) is 22.8. The normalized spacial score (nSPS) is 17.8. The van der Waals surface area contributed by atoms with Crippen molar-refractivity contribution in [2.24, 2.45) is 0 Å². The van der Waals surface area contributed by atoms with Gasteiger partial charge in [-0.1, -0.05) is 0 Å². The number of ether oxygens (including phenoxy) is 1. The van der Waals surface area contributed by atoms with Crippen LogP contribution in [-0.4, -0.2) is 51.5 Å². The van der Waals surface area contributed by atoms with Crippen molar-refractivity contribution in [2.45, 2.75) is 38.8 Å². The first kappa shape index (κ1) is 16.6. The van der Waals surface area contributed by atoms with Gasteiger partial charge in [0, 0.05) is 41.1 Å². The van der Waals surface area contributed by atoms with Crippen LogP contribution in [0.25, 0.3) is 21.8 Å². The number of carbonyl (C=O) groups excluding carboxylic acids is 1. The Morgan fingerprint density at radius 1 is 1.38 bits per heavy atom. The molecule has 0 saturated carbocycles. The van der Waals surface area contributed by atoms with Crippen molar-refractivity contribution in [3.63, 3.8) is 0 Å². The fourth-order valence-electron chi connectivity index (χ4n) is 3.44. The summed E-state index contributed by atoms with van der Waals surface area (Å²) < 4.78 is 5.59. The van der Waals surface area contributed by atoms with Crippen molar-refractivity contribution in [3.8, 4) is 0 Å². The number of hydrogen-bond donors (Lipinski definition) is 2. The molecule has 0 aliphatic carbocycles. The van der Waals surface area contributed by atoms with Gasteiger partial charge >= 0.3 is 6.09 Å². The summed E-state index contributed by atoms with van der Waals surface area (Å²) in [5.41, 5.74) is 0.722. The summed E-state index contributed by atoms with van der Waals surface area (Å²) >= 11 is 0. The molecule has 1 unspecified atom stereocenters. The molecule has 0 spiro atoms. The van der Waals surface area contributed by atoms with Crippen molar-refractivity contribution in [1.82, 2.24) is 25.5 Å². The molecule has 1 fully saturated rings. The van der Waals surface area contributed by atoms with Gasteiger partial charge < -0.3 is 15.0 Å². The van der Waals surface area contributed by atoms with Crippen LogP contribution in [0.5, 0.6) is 0 Å². The summed E-state index contributed by atoms with van der Waals surface area (Å²) in [5, 5.41) is 13.2. The van der Waals surface area contributed by atoms with Crippen molar-refractivity contribution >= 4 is 33.7 Å². The number of nitrogens with one attached hydrogen (secondary N) is 2. The van der Waals surface area contributed by atoms with Crippen molar-refractivity contribution in [2.75, 3.05) is 18.0 Å². The largest absolute Gasteiger partial charge is 0.444 e. The van der Waals surface area contributed by atoms with Crippen molar-refractivity contribution in [1.29, 1.82) is 0 Å². The first-order valence-corrected chi connectivity index (χ1v) is 8.90. The van der Waals surface area contributed by atoms with Gasteiger partial charge in [0.05, 0.1) is 12.7 Å². The third kappa shape index (κ3) is 3.14. The topological polar surface area (TPSA) is 96.0 Å². The SMILES string of the molecule is CC(C)NC(=O)OC1CCCN(c2[nH]ncc3cnc4nccc4c23)C1. The van der Waals surface area contributed by atoms with Crippen molar-refractivity contribution < 1.29 is 9.53 Å². The molecule has 136 valence electrons. The van der Waals surface area contributed by atoms with Gasteiger partial charge in [-0.15, -0.1) is 0 Å². The summed E-state index contributed by atoms with van der Waals surface area (Å²) in [6.07, 6.45) is 6.61. The van der Waals surface area contributed by atoms with Crippen LogP contribution >= 0.6 is 0 Å². The molecule has 1 atom stereocenters. The number of fused-ring (bicyclic) bond motifs is 3. The number of anilines is 1. The average Bonchev–Trinajstić information content (AvgIpc) is 3.09. The fourth-order valence-corrected chi connectivity index (χ4v) is 3.44. The van der Waals surface area contributed by atoms with Gasteiger partial charge in [-0.2, -0.15) is 5.10 Å².